The van der Waals surface area contributed by atoms with Crippen molar-refractivity contribution in [2.75, 3.05) is 88.6 Å². The number of alkyl halides is 4. The zero-order chi connectivity index (χ0) is 73.0. The molecule has 3 saturated heterocycles. The molecule has 24 nitrogen and oxygen atoms in total. The Morgan fingerprint density at radius 3 is 1.80 bits per heavy atom. The van der Waals surface area contributed by atoms with Gasteiger partial charge < -0.3 is 60.0 Å². The average molecular weight is 1420 g/mol. The number of piperidine rings is 1. The molecule has 7 rings (SSSR count). The molecule has 3 N–H and O–H groups in total. The Balaban J connectivity index is 1.26. The highest BCUT2D eigenvalue weighted by molar-refractivity contribution is 6.21. The number of rotatable bonds is 11. The molecule has 558 valence electrons. The minimum absolute atomic E-state index is 0.00311. The molecule has 7 fully saturated rings. The lowest BCUT2D eigenvalue weighted by atomic mass is 9.77. The Labute approximate surface area is 588 Å². The number of hydrogen-bond donors (Lipinski definition) is 3. The summed E-state index contributed by atoms with van der Waals surface area (Å²) in [6.45, 7) is 6.58. The minimum atomic E-state index is -4.51. The Hall–Kier alpha value is -6.28. The molecule has 28 heteroatoms. The van der Waals surface area contributed by atoms with Crippen LogP contribution >= 0.6 is 11.6 Å². The van der Waals surface area contributed by atoms with Crippen molar-refractivity contribution in [2.24, 2.45) is 35.5 Å². The maximum Gasteiger partial charge on any atom is 0.393 e. The second-order valence-electron chi connectivity index (χ2n) is 30.5. The fourth-order valence-electron chi connectivity index (χ4n) is 16.1. The molecule has 0 bridgehead atoms. The SMILES string of the molecule is CC[C@H](C)[C@@H]1NC(=O)[C@H](CC(C)C)N(C)C(=O)C[C@@H](C(=O)N2CCCCC2)N(C)C(=O)[C@H](C2CCC2)N(C)C(=O)C2(CCCC2)NC(=O)[C@@H]2CCCN2C(=O)[C@H](CCC2CCC(C(F)(F)F)C(Cl)C2)NC(=O)CN(C)C(=O)[C@H](CC2CCCCC2)N(C)C(=O)CN(C)C(=O)CN(C)C1=O. The molecule has 3 aliphatic heterocycles. The third-order valence-electron chi connectivity index (χ3n) is 23.0. The second-order valence-corrected chi connectivity index (χ2v) is 31.1. The van der Waals surface area contributed by atoms with E-state index in [0.717, 1.165) is 59.6 Å². The molecular weight excluding hydrogens is 1310 g/mol. The summed E-state index contributed by atoms with van der Waals surface area (Å²) in [4.78, 5) is 190. The van der Waals surface area contributed by atoms with Crippen molar-refractivity contribution >= 4 is 82.5 Å². The Bertz CT molecular complexity index is 2890. The van der Waals surface area contributed by atoms with Gasteiger partial charge in [0.25, 0.3) is 0 Å². The highest BCUT2D eigenvalue weighted by Gasteiger charge is 2.53. The van der Waals surface area contributed by atoms with Crippen LogP contribution in [0.25, 0.3) is 0 Å². The van der Waals surface area contributed by atoms with E-state index in [-0.39, 0.29) is 94.4 Å². The number of amides is 12. The van der Waals surface area contributed by atoms with Crippen LogP contribution in [0, 0.1) is 35.5 Å². The highest BCUT2D eigenvalue weighted by atomic mass is 35.5. The van der Waals surface area contributed by atoms with E-state index in [4.69, 9.17) is 11.6 Å². The van der Waals surface area contributed by atoms with Gasteiger partial charge in [-0.05, 0) is 132 Å². The molecule has 3 heterocycles. The summed E-state index contributed by atoms with van der Waals surface area (Å²) in [5, 5.41) is 7.60. The number of nitrogens with one attached hydrogen (secondary N) is 3. The number of carbonyl (C=O) groups excluding carboxylic acids is 12. The van der Waals surface area contributed by atoms with Gasteiger partial charge in [-0.25, -0.2) is 0 Å². The standard InChI is InChI=1S/C71H114ClF3N12O12/c1-12-45(4)60-67(97)81(7)42-58(90)79(5)43-59(91)83(9)54(39-46-23-15-13-16-24-46)65(95)80(6)41-56(88)76-51(31-29-47-28-30-49(50(72)38-47)71(73,74)75)64(94)87-36-22-27-52(87)63(93)78-70(32-17-18-33-70)69(99)85(11)61(48-25-21-26-48)68(98)84(10)55(66(96)86-34-19-14-20-35-86)40-57(89)82(8)53(37-44(2)3)62(92)77-60/h44-55,60-61H,12-43H2,1-11H3,(H,76,88)(H,77,92)(H,78,93)/t45-,47?,49?,50?,51-,52-,53-,54-,55-,60-,61-/m0/s1. The van der Waals surface area contributed by atoms with Gasteiger partial charge >= 0.3 is 6.18 Å². The molecule has 0 aromatic heterocycles. The molecule has 7 aliphatic rings. The summed E-state index contributed by atoms with van der Waals surface area (Å²) >= 11 is 6.40. The molecule has 0 radical (unpaired) electrons. The molecule has 12 amide bonds. The fourth-order valence-corrected chi connectivity index (χ4v) is 16.7. The van der Waals surface area contributed by atoms with E-state index in [1.54, 1.807) is 11.8 Å². The van der Waals surface area contributed by atoms with Crippen molar-refractivity contribution < 1.29 is 70.7 Å². The Kier molecular flexibility index (Phi) is 28.7. The molecule has 11 atom stereocenters. The van der Waals surface area contributed by atoms with E-state index in [1.807, 2.05) is 20.8 Å². The maximum atomic E-state index is 15.6. The topological polar surface area (TPSA) is 270 Å². The van der Waals surface area contributed by atoms with Gasteiger partial charge in [0, 0.05) is 74.3 Å². The van der Waals surface area contributed by atoms with E-state index < -0.39 is 168 Å². The van der Waals surface area contributed by atoms with Gasteiger partial charge in [-0.1, -0.05) is 85.5 Å². The van der Waals surface area contributed by atoms with Gasteiger partial charge in [0.2, 0.25) is 70.9 Å². The van der Waals surface area contributed by atoms with Crippen LogP contribution in [0.1, 0.15) is 195 Å². The van der Waals surface area contributed by atoms with Crippen molar-refractivity contribution in [3.8, 4) is 0 Å². The van der Waals surface area contributed by atoms with E-state index in [9.17, 15) is 46.7 Å². The van der Waals surface area contributed by atoms with Crippen LogP contribution in [0.4, 0.5) is 13.2 Å². The van der Waals surface area contributed by atoms with Crippen LogP contribution in [-0.2, 0) is 57.5 Å². The summed E-state index contributed by atoms with van der Waals surface area (Å²) < 4.78 is 42.0. The van der Waals surface area contributed by atoms with Crippen LogP contribution in [0.2, 0.25) is 0 Å². The van der Waals surface area contributed by atoms with Gasteiger partial charge in [-0.2, -0.15) is 13.2 Å². The number of nitrogens with zero attached hydrogens (tertiary/aromatic N) is 9. The van der Waals surface area contributed by atoms with Crippen LogP contribution in [-0.4, -0.2) is 263 Å². The number of carbonyl (C=O) groups is 12. The number of likely N-dealkylation sites (N-methyl/N-ethyl adjacent to an activating group) is 7. The average Bonchev–Trinajstić information content (AvgIpc) is 1.76. The summed E-state index contributed by atoms with van der Waals surface area (Å²) in [5.41, 5.74) is -1.54. The zero-order valence-electron chi connectivity index (χ0n) is 60.6. The number of halogens is 4. The smallest absolute Gasteiger partial charge is 0.343 e. The molecule has 0 aromatic rings. The molecule has 0 aromatic carbocycles. The first-order valence-electron chi connectivity index (χ1n) is 36.7. The molecular formula is C71H114ClF3N12O12. The highest BCUT2D eigenvalue weighted by Crippen LogP contribution is 2.44. The van der Waals surface area contributed by atoms with Crippen molar-refractivity contribution in [2.45, 2.75) is 254 Å². The van der Waals surface area contributed by atoms with Crippen molar-refractivity contribution in [1.82, 2.24) is 60.0 Å². The van der Waals surface area contributed by atoms with E-state index in [1.165, 1.54) is 73.8 Å². The Morgan fingerprint density at radius 2 is 1.20 bits per heavy atom. The van der Waals surface area contributed by atoms with Crippen molar-refractivity contribution in [1.29, 1.82) is 0 Å². The van der Waals surface area contributed by atoms with Gasteiger partial charge in [-0.3, -0.25) is 57.5 Å². The Morgan fingerprint density at radius 1 is 0.586 bits per heavy atom. The second kappa shape index (κ2) is 35.5. The number of fused-ring (bicyclic) bond motifs is 1. The molecule has 4 aliphatic carbocycles. The molecule has 99 heavy (non-hydrogen) atoms. The number of likely N-dealkylation sites (tertiary alicyclic amines) is 1. The first-order valence-corrected chi connectivity index (χ1v) is 37.1. The van der Waals surface area contributed by atoms with E-state index in [0.29, 0.717) is 64.5 Å². The third-order valence-corrected chi connectivity index (χ3v) is 23.4. The third kappa shape index (κ3) is 20.1. The van der Waals surface area contributed by atoms with Crippen LogP contribution in [0.15, 0.2) is 0 Å². The maximum absolute atomic E-state index is 15.6. The largest absolute Gasteiger partial charge is 0.393 e. The van der Waals surface area contributed by atoms with Gasteiger partial charge in [-0.15, -0.1) is 11.6 Å². The fraction of sp³-hybridized carbons (Fsp3) is 0.831. The lowest BCUT2D eigenvalue weighted by molar-refractivity contribution is -0.182. The normalized spacial score (nSPS) is 30.1. The minimum Gasteiger partial charge on any atom is -0.343 e. The van der Waals surface area contributed by atoms with E-state index >= 15 is 24.0 Å². The van der Waals surface area contributed by atoms with Gasteiger partial charge in [0.05, 0.1) is 32.0 Å². The van der Waals surface area contributed by atoms with Crippen LogP contribution in [0.5, 0.6) is 0 Å². The van der Waals surface area contributed by atoms with Crippen molar-refractivity contribution in [3.63, 3.8) is 0 Å². The summed E-state index contributed by atoms with van der Waals surface area (Å²) in [6, 6.07) is -8.48. The zero-order valence-corrected chi connectivity index (χ0v) is 61.4. The van der Waals surface area contributed by atoms with Gasteiger partial charge in [0.15, 0.2) is 0 Å². The summed E-state index contributed by atoms with van der Waals surface area (Å²) in [7, 11) is 10.1. The van der Waals surface area contributed by atoms with E-state index in [2.05, 4.69) is 16.0 Å². The quantitative estimate of drug-likeness (QED) is 0.210. The monoisotopic (exact) mass is 1420 g/mol. The lowest BCUT2D eigenvalue weighted by Gasteiger charge is -2.45. The molecule has 3 unspecified atom stereocenters. The van der Waals surface area contributed by atoms with Gasteiger partial charge in [0.1, 0.15) is 47.8 Å². The van der Waals surface area contributed by atoms with Crippen molar-refractivity contribution in [3.05, 3.63) is 0 Å². The summed E-state index contributed by atoms with van der Waals surface area (Å²) in [6.07, 6.45) is 6.34. The first kappa shape index (κ1) is 80.0. The number of hydrogen-bond acceptors (Lipinski definition) is 12. The lowest BCUT2D eigenvalue weighted by Crippen LogP contribution is -2.65. The summed E-state index contributed by atoms with van der Waals surface area (Å²) in [5.74, 6) is -10.5. The predicted octanol–water partition coefficient (Wildman–Crippen LogP) is 5.70. The van der Waals surface area contributed by atoms with Crippen LogP contribution < -0.4 is 16.0 Å². The molecule has 1 spiro atoms. The van der Waals surface area contributed by atoms with Crippen LogP contribution in [0.3, 0.4) is 0 Å². The predicted molar refractivity (Wildman–Crippen MR) is 365 cm³/mol. The first-order chi connectivity index (χ1) is 46.7. The molecule has 4 saturated carbocycles.